The van der Waals surface area contributed by atoms with Gasteiger partial charge in [0.05, 0.1) is 19.6 Å². The van der Waals surface area contributed by atoms with Gasteiger partial charge >= 0.3 is 0 Å². The molecule has 0 saturated heterocycles. The van der Waals surface area contributed by atoms with Crippen molar-refractivity contribution in [3.8, 4) is 17.2 Å². The van der Waals surface area contributed by atoms with Crippen LogP contribution in [0.2, 0.25) is 0 Å². The molecule has 0 bridgehead atoms. The van der Waals surface area contributed by atoms with E-state index in [-0.39, 0.29) is 17.3 Å². The third-order valence-electron chi connectivity index (χ3n) is 6.40. The number of carbonyl (C=O) groups is 2. The van der Waals surface area contributed by atoms with Gasteiger partial charge in [0.2, 0.25) is 0 Å². The Morgan fingerprint density at radius 1 is 1.18 bits per heavy atom. The van der Waals surface area contributed by atoms with Gasteiger partial charge < -0.3 is 14.6 Å². The fourth-order valence-corrected chi connectivity index (χ4v) is 4.69. The average molecular weight is 382 g/mol. The Hall–Kier alpha value is -2.82. The monoisotopic (exact) mass is 382 g/mol. The lowest BCUT2D eigenvalue weighted by Crippen LogP contribution is -2.51. The maximum atomic E-state index is 13.5. The van der Waals surface area contributed by atoms with Crippen molar-refractivity contribution in [3.05, 3.63) is 53.1 Å². The van der Waals surface area contributed by atoms with Crippen LogP contribution in [0.4, 0.5) is 0 Å². The summed E-state index contributed by atoms with van der Waals surface area (Å²) in [6.45, 7) is 9.13. The Kier molecular flexibility index (Phi) is 4.96. The van der Waals surface area contributed by atoms with Crippen LogP contribution in [0.15, 0.2) is 47.6 Å². The smallest absolute Gasteiger partial charge is 0.166 e. The number of Topliss-reactive ketones (excluding diaryl/α,β-unsaturated/α-hetero) is 2. The van der Waals surface area contributed by atoms with Gasteiger partial charge in [-0.15, -0.1) is 0 Å². The highest BCUT2D eigenvalue weighted by Crippen LogP contribution is 2.59. The van der Waals surface area contributed by atoms with Crippen LogP contribution in [0.25, 0.3) is 0 Å². The number of fused-ring (bicyclic) bond motifs is 1. The SMILES string of the molecule is C=CC1=CCC2C(=O)C(C)=C(C)C(=O)C2(C)C1c1c(O)cc(OC)cc1OC. The third-order valence-corrected chi connectivity index (χ3v) is 6.40. The summed E-state index contributed by atoms with van der Waals surface area (Å²) in [5.74, 6) is -0.355. The Labute approximate surface area is 165 Å². The second kappa shape index (κ2) is 6.97. The molecule has 0 heterocycles. The summed E-state index contributed by atoms with van der Waals surface area (Å²) >= 11 is 0. The summed E-state index contributed by atoms with van der Waals surface area (Å²) in [5.41, 5.74) is 1.22. The van der Waals surface area contributed by atoms with Crippen LogP contribution < -0.4 is 9.47 Å². The number of hydrogen-bond donors (Lipinski definition) is 1. The minimum Gasteiger partial charge on any atom is -0.507 e. The Morgan fingerprint density at radius 2 is 1.86 bits per heavy atom. The zero-order valence-electron chi connectivity index (χ0n) is 17.0. The molecule has 0 fully saturated rings. The number of phenolic OH excluding ortho intramolecular Hbond substituents is 1. The van der Waals surface area contributed by atoms with Crippen LogP contribution in [0, 0.1) is 11.3 Å². The quantitative estimate of drug-likeness (QED) is 0.848. The molecule has 2 aliphatic carbocycles. The van der Waals surface area contributed by atoms with E-state index < -0.39 is 17.3 Å². The molecule has 5 heteroatoms. The van der Waals surface area contributed by atoms with Crippen molar-refractivity contribution in [1.82, 2.24) is 0 Å². The summed E-state index contributed by atoms with van der Waals surface area (Å²) in [7, 11) is 3.00. The highest BCUT2D eigenvalue weighted by atomic mass is 16.5. The minimum absolute atomic E-state index is 0.0177. The number of phenols is 1. The van der Waals surface area contributed by atoms with Crippen molar-refractivity contribution >= 4 is 11.6 Å². The molecule has 0 radical (unpaired) electrons. The highest BCUT2D eigenvalue weighted by Gasteiger charge is 2.57. The first-order valence-corrected chi connectivity index (χ1v) is 9.26. The van der Waals surface area contributed by atoms with Crippen molar-refractivity contribution < 1.29 is 24.2 Å². The molecule has 3 unspecified atom stereocenters. The molecule has 1 N–H and O–H groups in total. The number of aromatic hydroxyl groups is 1. The van der Waals surface area contributed by atoms with Gasteiger partial charge in [-0.1, -0.05) is 25.7 Å². The maximum Gasteiger partial charge on any atom is 0.166 e. The van der Waals surface area contributed by atoms with Crippen LogP contribution in [0.3, 0.4) is 0 Å². The molecule has 1 aromatic rings. The first-order valence-electron chi connectivity index (χ1n) is 9.26. The summed E-state index contributed by atoms with van der Waals surface area (Å²) in [4.78, 5) is 26.6. The van der Waals surface area contributed by atoms with Crippen LogP contribution >= 0.6 is 0 Å². The first kappa shape index (κ1) is 19.9. The lowest BCUT2D eigenvalue weighted by Gasteiger charge is -2.48. The molecule has 0 spiro atoms. The van der Waals surface area contributed by atoms with Crippen molar-refractivity contribution in [2.45, 2.75) is 33.1 Å². The molecule has 0 saturated carbocycles. The standard InChI is InChI=1S/C23H26O5/c1-7-14-8-9-16-21(25)12(2)13(3)22(26)23(16,4)20(14)19-17(24)10-15(27-5)11-18(19)28-6/h7-8,10-11,16,20,24H,1,9H2,2-6H3. The van der Waals surface area contributed by atoms with E-state index in [4.69, 9.17) is 9.47 Å². The minimum atomic E-state index is -1.04. The molecule has 0 aliphatic heterocycles. The van der Waals surface area contributed by atoms with E-state index in [9.17, 15) is 14.7 Å². The number of hydrogen-bond acceptors (Lipinski definition) is 5. The van der Waals surface area contributed by atoms with Crippen molar-refractivity contribution in [2.75, 3.05) is 14.2 Å². The van der Waals surface area contributed by atoms with Crippen LogP contribution in [-0.2, 0) is 9.59 Å². The van der Waals surface area contributed by atoms with E-state index in [1.54, 1.807) is 26.0 Å². The molecule has 2 aliphatic rings. The van der Waals surface area contributed by atoms with E-state index in [0.717, 1.165) is 5.57 Å². The second-order valence-electron chi connectivity index (χ2n) is 7.62. The molecule has 28 heavy (non-hydrogen) atoms. The number of allylic oxidation sites excluding steroid dienone is 5. The van der Waals surface area contributed by atoms with E-state index in [2.05, 4.69) is 6.58 Å². The van der Waals surface area contributed by atoms with Gasteiger partial charge in [0, 0.05) is 29.5 Å². The van der Waals surface area contributed by atoms with E-state index in [0.29, 0.717) is 34.6 Å². The van der Waals surface area contributed by atoms with Crippen molar-refractivity contribution in [2.24, 2.45) is 11.3 Å². The van der Waals surface area contributed by atoms with E-state index in [1.165, 1.54) is 20.3 Å². The summed E-state index contributed by atoms with van der Waals surface area (Å²) in [6, 6.07) is 3.17. The zero-order chi connectivity index (χ0) is 20.8. The van der Waals surface area contributed by atoms with Gasteiger partial charge in [0.15, 0.2) is 11.6 Å². The third kappa shape index (κ3) is 2.60. The lowest BCUT2D eigenvalue weighted by molar-refractivity contribution is -0.138. The molecule has 0 amide bonds. The first-order chi connectivity index (χ1) is 13.2. The molecular formula is C23H26O5. The number of benzene rings is 1. The Balaban J connectivity index is 2.34. The van der Waals surface area contributed by atoms with Gasteiger partial charge in [-0.2, -0.15) is 0 Å². The molecule has 3 atom stereocenters. The number of ether oxygens (including phenoxy) is 2. The summed E-state index contributed by atoms with van der Waals surface area (Å²) in [5, 5.41) is 10.8. The maximum absolute atomic E-state index is 13.5. The molecule has 0 aromatic heterocycles. The number of carbonyl (C=O) groups excluding carboxylic acids is 2. The zero-order valence-corrected chi connectivity index (χ0v) is 17.0. The van der Waals surface area contributed by atoms with Crippen molar-refractivity contribution in [3.63, 3.8) is 0 Å². The topological polar surface area (TPSA) is 72.8 Å². The predicted octanol–water partition coefficient (Wildman–Crippen LogP) is 4.12. The molecule has 1 aromatic carbocycles. The summed E-state index contributed by atoms with van der Waals surface area (Å²) < 4.78 is 10.8. The van der Waals surface area contributed by atoms with Crippen LogP contribution in [-0.4, -0.2) is 30.9 Å². The highest BCUT2D eigenvalue weighted by molar-refractivity contribution is 6.15. The van der Waals surface area contributed by atoms with E-state index >= 15 is 0 Å². The Morgan fingerprint density at radius 3 is 2.43 bits per heavy atom. The summed E-state index contributed by atoms with van der Waals surface area (Å²) in [6.07, 6.45) is 4.09. The largest absolute Gasteiger partial charge is 0.507 e. The van der Waals surface area contributed by atoms with Crippen molar-refractivity contribution in [1.29, 1.82) is 0 Å². The van der Waals surface area contributed by atoms with Gasteiger partial charge in [-0.05, 0) is 37.0 Å². The number of ketones is 2. The molecule has 5 nitrogen and oxygen atoms in total. The van der Waals surface area contributed by atoms with Gasteiger partial charge in [-0.25, -0.2) is 0 Å². The van der Waals surface area contributed by atoms with Gasteiger partial charge in [-0.3, -0.25) is 9.59 Å². The number of methoxy groups -OCH3 is 2. The average Bonchev–Trinajstić information content (AvgIpc) is 2.70. The lowest BCUT2D eigenvalue weighted by atomic mass is 9.52. The number of rotatable bonds is 4. The predicted molar refractivity (Wildman–Crippen MR) is 107 cm³/mol. The fraction of sp³-hybridized carbons (Fsp3) is 0.391. The van der Waals surface area contributed by atoms with Gasteiger partial charge in [0.25, 0.3) is 0 Å². The van der Waals surface area contributed by atoms with Crippen LogP contribution in [0.1, 0.15) is 38.7 Å². The normalized spacial score (nSPS) is 27.2. The van der Waals surface area contributed by atoms with Crippen LogP contribution in [0.5, 0.6) is 17.2 Å². The second-order valence-corrected chi connectivity index (χ2v) is 7.62. The fourth-order valence-electron chi connectivity index (χ4n) is 4.69. The molecule has 3 rings (SSSR count). The van der Waals surface area contributed by atoms with Gasteiger partial charge in [0.1, 0.15) is 17.2 Å². The van der Waals surface area contributed by atoms with E-state index in [1.807, 2.05) is 13.0 Å². The molecule has 148 valence electrons. The Bertz CT molecular complexity index is 937. The molecular weight excluding hydrogens is 356 g/mol.